The number of carbonyl (C=O) groups is 1. The first kappa shape index (κ1) is 18.4. The molecule has 0 unspecified atom stereocenters. The van der Waals surface area contributed by atoms with Crippen molar-refractivity contribution in [3.05, 3.63) is 76.8 Å². The molecule has 5 rings (SSSR count). The SMILES string of the molecule is NC(=O)[C@@H]1CN(Cc2nc3sc(-c4ccccc4)cc3c(=O)[nH]2)c2ccccc2O1. The molecule has 0 fully saturated rings. The molecule has 3 N–H and O–H groups in total. The summed E-state index contributed by atoms with van der Waals surface area (Å²) in [4.78, 5) is 35.6. The first-order valence-corrected chi connectivity index (χ1v) is 10.3. The molecule has 7 nitrogen and oxygen atoms in total. The van der Waals surface area contributed by atoms with Crippen LogP contribution in [0.4, 0.5) is 5.69 Å². The van der Waals surface area contributed by atoms with Crippen LogP contribution in [-0.2, 0) is 11.3 Å². The molecule has 150 valence electrons. The number of hydrogen-bond acceptors (Lipinski definition) is 6. The fourth-order valence-corrected chi connectivity index (χ4v) is 4.64. The van der Waals surface area contributed by atoms with Crippen LogP contribution in [0.15, 0.2) is 65.5 Å². The molecule has 0 saturated heterocycles. The molecule has 2 aromatic carbocycles. The molecule has 0 radical (unpaired) electrons. The van der Waals surface area contributed by atoms with Crippen LogP contribution in [0.2, 0.25) is 0 Å². The molecular weight excluding hydrogens is 400 g/mol. The van der Waals surface area contributed by atoms with Gasteiger partial charge in [-0.25, -0.2) is 4.98 Å². The summed E-state index contributed by atoms with van der Waals surface area (Å²) >= 11 is 1.48. The lowest BCUT2D eigenvalue weighted by atomic mass is 10.1. The van der Waals surface area contributed by atoms with Crippen LogP contribution in [-0.4, -0.2) is 28.5 Å². The lowest BCUT2D eigenvalue weighted by Gasteiger charge is -2.34. The molecule has 1 aliphatic heterocycles. The number of nitrogens with zero attached hydrogens (tertiary/aromatic N) is 2. The number of hydrogen-bond donors (Lipinski definition) is 2. The smallest absolute Gasteiger partial charge is 0.260 e. The third kappa shape index (κ3) is 3.31. The van der Waals surface area contributed by atoms with Gasteiger partial charge in [0.15, 0.2) is 6.10 Å². The number of nitrogens with one attached hydrogen (secondary N) is 1. The Labute approximate surface area is 175 Å². The number of benzene rings is 2. The molecule has 0 spiro atoms. The minimum absolute atomic E-state index is 0.179. The summed E-state index contributed by atoms with van der Waals surface area (Å²) in [5.41, 5.74) is 7.17. The Kier molecular flexibility index (Phi) is 4.48. The van der Waals surface area contributed by atoms with Crippen molar-refractivity contribution in [3.8, 4) is 16.2 Å². The monoisotopic (exact) mass is 418 g/mol. The third-order valence-electron chi connectivity index (χ3n) is 5.03. The van der Waals surface area contributed by atoms with Crippen LogP contribution < -0.4 is 20.9 Å². The number of anilines is 1. The van der Waals surface area contributed by atoms with E-state index in [1.165, 1.54) is 11.3 Å². The lowest BCUT2D eigenvalue weighted by Crippen LogP contribution is -2.47. The van der Waals surface area contributed by atoms with Gasteiger partial charge in [0, 0.05) is 4.88 Å². The number of aromatic nitrogens is 2. The van der Waals surface area contributed by atoms with Gasteiger partial charge in [-0.3, -0.25) is 9.59 Å². The number of nitrogens with two attached hydrogens (primary N) is 1. The van der Waals surface area contributed by atoms with Gasteiger partial charge in [-0.1, -0.05) is 42.5 Å². The zero-order valence-corrected chi connectivity index (χ0v) is 16.7. The molecule has 0 bridgehead atoms. The largest absolute Gasteiger partial charge is 0.477 e. The van der Waals surface area contributed by atoms with E-state index in [0.29, 0.717) is 28.3 Å². The topological polar surface area (TPSA) is 101 Å². The number of H-pyrrole nitrogens is 1. The standard InChI is InChI=1S/C22H18N4O3S/c23-20(27)17-11-26(15-8-4-5-9-16(15)29-17)12-19-24-21(28)14-10-18(30-22(14)25-19)13-6-2-1-3-7-13/h1-10,17H,11-12H2,(H2,23,27)(H,24,25,28)/t17-/m0/s1. The van der Waals surface area contributed by atoms with Gasteiger partial charge < -0.3 is 20.4 Å². The number of carbonyl (C=O) groups excluding carboxylic acids is 1. The number of amides is 1. The second kappa shape index (κ2) is 7.31. The summed E-state index contributed by atoms with van der Waals surface area (Å²) in [6, 6.07) is 19.2. The van der Waals surface area contributed by atoms with Crippen molar-refractivity contribution in [1.29, 1.82) is 0 Å². The first-order valence-electron chi connectivity index (χ1n) is 9.46. The van der Waals surface area contributed by atoms with Crippen LogP contribution >= 0.6 is 11.3 Å². The van der Waals surface area contributed by atoms with Crippen molar-refractivity contribution >= 4 is 33.1 Å². The van der Waals surface area contributed by atoms with E-state index in [0.717, 1.165) is 16.1 Å². The van der Waals surface area contributed by atoms with Crippen molar-refractivity contribution < 1.29 is 9.53 Å². The van der Waals surface area contributed by atoms with Crippen LogP contribution in [0, 0.1) is 0 Å². The highest BCUT2D eigenvalue weighted by Gasteiger charge is 2.29. The van der Waals surface area contributed by atoms with Crippen molar-refractivity contribution in [3.63, 3.8) is 0 Å². The Balaban J connectivity index is 1.51. The average molecular weight is 418 g/mol. The zero-order chi connectivity index (χ0) is 20.7. The Hall–Kier alpha value is -3.65. The van der Waals surface area contributed by atoms with Gasteiger partial charge in [-0.15, -0.1) is 11.3 Å². The van der Waals surface area contributed by atoms with Gasteiger partial charge in [-0.2, -0.15) is 0 Å². The fourth-order valence-electron chi connectivity index (χ4n) is 3.58. The maximum atomic E-state index is 12.7. The third-order valence-corrected chi connectivity index (χ3v) is 6.11. The maximum Gasteiger partial charge on any atom is 0.260 e. The van der Waals surface area contributed by atoms with E-state index < -0.39 is 12.0 Å². The summed E-state index contributed by atoms with van der Waals surface area (Å²) in [7, 11) is 0. The minimum atomic E-state index is -0.762. The highest BCUT2D eigenvalue weighted by atomic mass is 32.1. The van der Waals surface area contributed by atoms with E-state index >= 15 is 0 Å². The van der Waals surface area contributed by atoms with Crippen molar-refractivity contribution in [2.24, 2.45) is 5.73 Å². The summed E-state index contributed by atoms with van der Waals surface area (Å²) in [6.07, 6.45) is -0.762. The Morgan fingerprint density at radius 2 is 1.97 bits per heavy atom. The highest BCUT2D eigenvalue weighted by molar-refractivity contribution is 7.21. The molecule has 1 atom stereocenters. The zero-order valence-electron chi connectivity index (χ0n) is 15.9. The van der Waals surface area contributed by atoms with E-state index in [4.69, 9.17) is 10.5 Å². The maximum absolute atomic E-state index is 12.7. The van der Waals surface area contributed by atoms with E-state index in [1.54, 1.807) is 6.07 Å². The second-order valence-corrected chi connectivity index (χ2v) is 8.10. The minimum Gasteiger partial charge on any atom is -0.477 e. The molecule has 30 heavy (non-hydrogen) atoms. The van der Waals surface area contributed by atoms with E-state index in [2.05, 4.69) is 9.97 Å². The quantitative estimate of drug-likeness (QED) is 0.531. The number of ether oxygens (including phenoxy) is 1. The first-order chi connectivity index (χ1) is 14.6. The predicted molar refractivity (Wildman–Crippen MR) is 117 cm³/mol. The molecule has 2 aromatic heterocycles. The van der Waals surface area contributed by atoms with Crippen molar-refractivity contribution in [2.75, 3.05) is 11.4 Å². The number of fused-ring (bicyclic) bond motifs is 2. The summed E-state index contributed by atoms with van der Waals surface area (Å²) in [6.45, 7) is 0.613. The summed E-state index contributed by atoms with van der Waals surface area (Å²) < 4.78 is 5.70. The van der Waals surface area contributed by atoms with Crippen molar-refractivity contribution in [2.45, 2.75) is 12.6 Å². The molecule has 1 amide bonds. The highest BCUT2D eigenvalue weighted by Crippen LogP contribution is 2.34. The molecule has 0 saturated carbocycles. The van der Waals surface area contributed by atoms with Gasteiger partial charge in [-0.05, 0) is 23.8 Å². The molecule has 3 heterocycles. The second-order valence-electron chi connectivity index (χ2n) is 7.07. The molecular formula is C22H18N4O3S. The number of para-hydroxylation sites is 2. The van der Waals surface area contributed by atoms with Gasteiger partial charge in [0.25, 0.3) is 11.5 Å². The number of aromatic amines is 1. The molecule has 8 heteroatoms. The van der Waals surface area contributed by atoms with Gasteiger partial charge in [0.05, 0.1) is 24.2 Å². The molecule has 1 aliphatic rings. The number of thiophene rings is 1. The van der Waals surface area contributed by atoms with Crippen LogP contribution in [0.1, 0.15) is 5.82 Å². The average Bonchev–Trinajstić information content (AvgIpc) is 3.19. The predicted octanol–water partition coefficient (Wildman–Crippen LogP) is 2.90. The summed E-state index contributed by atoms with van der Waals surface area (Å²) in [5, 5.41) is 0.569. The number of rotatable bonds is 4. The van der Waals surface area contributed by atoms with Crippen LogP contribution in [0.5, 0.6) is 5.75 Å². The Morgan fingerprint density at radius 1 is 1.20 bits per heavy atom. The van der Waals surface area contributed by atoms with Gasteiger partial charge in [0.1, 0.15) is 16.4 Å². The Bertz CT molecular complexity index is 1300. The van der Waals surface area contributed by atoms with Gasteiger partial charge >= 0.3 is 0 Å². The van der Waals surface area contributed by atoms with E-state index in [9.17, 15) is 9.59 Å². The Morgan fingerprint density at radius 3 is 2.77 bits per heavy atom. The fraction of sp³-hybridized carbons (Fsp3) is 0.136. The van der Waals surface area contributed by atoms with Crippen molar-refractivity contribution in [1.82, 2.24) is 9.97 Å². The summed E-state index contributed by atoms with van der Waals surface area (Å²) in [5.74, 6) is 0.574. The van der Waals surface area contributed by atoms with Crippen LogP contribution in [0.3, 0.4) is 0 Å². The van der Waals surface area contributed by atoms with Gasteiger partial charge in [0.2, 0.25) is 0 Å². The normalized spacial score (nSPS) is 15.6. The lowest BCUT2D eigenvalue weighted by molar-refractivity contribution is -0.124. The van der Waals surface area contributed by atoms with E-state index in [1.807, 2.05) is 59.5 Å². The number of primary amides is 1. The molecule has 4 aromatic rings. The van der Waals surface area contributed by atoms with Crippen LogP contribution in [0.25, 0.3) is 20.7 Å². The molecule has 0 aliphatic carbocycles. The van der Waals surface area contributed by atoms with E-state index in [-0.39, 0.29) is 12.1 Å².